The molecule has 0 amide bonds. The van der Waals surface area contributed by atoms with Gasteiger partial charge in [0, 0.05) is 0 Å². The predicted octanol–water partition coefficient (Wildman–Crippen LogP) is 5.69. The Morgan fingerprint density at radius 3 is 1.92 bits per heavy atom. The molecule has 0 rings (SSSR count). The zero-order chi connectivity index (χ0) is 19.0. The van der Waals surface area contributed by atoms with Gasteiger partial charge in [-0.15, -0.1) is 0 Å². The van der Waals surface area contributed by atoms with Crippen LogP contribution in [-0.2, 0) is 14.3 Å². The molecule has 0 aliphatic rings. The van der Waals surface area contributed by atoms with Crippen LogP contribution in [0.4, 0.5) is 13.2 Å². The summed E-state index contributed by atoms with van der Waals surface area (Å²) in [5, 5.41) is 0. The Morgan fingerprint density at radius 2 is 1.36 bits per heavy atom. The number of unbranched alkanes of at least 4 members (excludes halogenated alkanes) is 8. The predicted molar refractivity (Wildman–Crippen MR) is 92.1 cm³/mol. The molecule has 3 nitrogen and oxygen atoms in total. The normalized spacial score (nSPS) is 12.2. The molecule has 0 saturated carbocycles. The molecule has 0 radical (unpaired) electrons. The lowest BCUT2D eigenvalue weighted by Crippen LogP contribution is -2.25. The van der Waals surface area contributed by atoms with Crippen molar-refractivity contribution >= 4 is 11.8 Å². The van der Waals surface area contributed by atoms with E-state index in [1.807, 2.05) is 6.08 Å². The highest BCUT2D eigenvalue weighted by atomic mass is 19.4. The molecule has 0 aromatic carbocycles. The van der Waals surface area contributed by atoms with Crippen molar-refractivity contribution in [2.75, 3.05) is 6.61 Å². The van der Waals surface area contributed by atoms with E-state index in [-0.39, 0.29) is 12.2 Å². The second-order valence-corrected chi connectivity index (χ2v) is 5.89. The lowest BCUT2D eigenvalue weighted by atomic mass is 10.1. The first-order chi connectivity index (χ1) is 11.9. The van der Waals surface area contributed by atoms with Gasteiger partial charge >= 0.3 is 12.1 Å². The third kappa shape index (κ3) is 15.7. The van der Waals surface area contributed by atoms with Gasteiger partial charge in [-0.1, -0.05) is 64.0 Å². The number of hydrogen-bond acceptors (Lipinski definition) is 3. The second kappa shape index (κ2) is 14.7. The molecular weight excluding hydrogens is 333 g/mol. The molecular formula is C19H29F3O3. The Kier molecular flexibility index (Phi) is 13.8. The monoisotopic (exact) mass is 362 g/mol. The largest absolute Gasteiger partial charge is 0.490 e. The minimum absolute atomic E-state index is 0.0689. The summed E-state index contributed by atoms with van der Waals surface area (Å²) in [4.78, 5) is 21.9. The maximum atomic E-state index is 11.9. The SMILES string of the molecule is CCCCCCCCCC/C=C/C(=O)/C=C/CCOC(=O)C(F)(F)F. The van der Waals surface area contributed by atoms with Gasteiger partial charge in [-0.2, -0.15) is 13.2 Å². The van der Waals surface area contributed by atoms with Gasteiger partial charge in [0.25, 0.3) is 0 Å². The van der Waals surface area contributed by atoms with Gasteiger partial charge in [-0.05, 0) is 31.4 Å². The third-order valence-corrected chi connectivity index (χ3v) is 3.54. The van der Waals surface area contributed by atoms with Crippen LogP contribution >= 0.6 is 0 Å². The molecule has 0 saturated heterocycles. The minimum Gasteiger partial charge on any atom is -0.459 e. The van der Waals surface area contributed by atoms with Crippen LogP contribution in [0.2, 0.25) is 0 Å². The molecule has 0 N–H and O–H groups in total. The van der Waals surface area contributed by atoms with Crippen LogP contribution in [0.25, 0.3) is 0 Å². The molecule has 0 fully saturated rings. The Morgan fingerprint density at radius 1 is 0.840 bits per heavy atom. The van der Waals surface area contributed by atoms with E-state index in [9.17, 15) is 22.8 Å². The van der Waals surface area contributed by atoms with Crippen LogP contribution in [0.15, 0.2) is 24.3 Å². The van der Waals surface area contributed by atoms with E-state index in [1.54, 1.807) is 0 Å². The molecule has 0 spiro atoms. The highest BCUT2D eigenvalue weighted by molar-refractivity contribution is 5.99. The number of carbonyl (C=O) groups excluding carboxylic acids is 2. The average molecular weight is 362 g/mol. The van der Waals surface area contributed by atoms with Crippen LogP contribution in [0.3, 0.4) is 0 Å². The molecule has 0 aromatic rings. The molecule has 144 valence electrons. The third-order valence-electron chi connectivity index (χ3n) is 3.54. The van der Waals surface area contributed by atoms with E-state index in [4.69, 9.17) is 0 Å². The highest BCUT2D eigenvalue weighted by Gasteiger charge is 2.40. The fourth-order valence-corrected chi connectivity index (χ4v) is 2.15. The topological polar surface area (TPSA) is 43.4 Å². The van der Waals surface area contributed by atoms with Crippen LogP contribution in [0.5, 0.6) is 0 Å². The Bertz CT molecular complexity index is 426. The molecule has 0 aliphatic heterocycles. The highest BCUT2D eigenvalue weighted by Crippen LogP contribution is 2.16. The van der Waals surface area contributed by atoms with Crippen LogP contribution in [0.1, 0.15) is 71.1 Å². The fourth-order valence-electron chi connectivity index (χ4n) is 2.15. The number of alkyl halides is 3. The van der Waals surface area contributed by atoms with Crippen molar-refractivity contribution in [3.05, 3.63) is 24.3 Å². The van der Waals surface area contributed by atoms with Crippen molar-refractivity contribution in [1.29, 1.82) is 0 Å². The summed E-state index contributed by atoms with van der Waals surface area (Å²) in [6, 6.07) is 0. The van der Waals surface area contributed by atoms with Crippen molar-refractivity contribution in [2.45, 2.75) is 77.3 Å². The summed E-state index contributed by atoms with van der Waals surface area (Å²) in [6.07, 6.45) is 11.7. The van der Waals surface area contributed by atoms with Gasteiger partial charge < -0.3 is 4.74 Å². The number of esters is 1. The van der Waals surface area contributed by atoms with Gasteiger partial charge in [0.05, 0.1) is 6.61 Å². The molecule has 0 bridgehead atoms. The average Bonchev–Trinajstić information content (AvgIpc) is 2.55. The molecule has 25 heavy (non-hydrogen) atoms. The second-order valence-electron chi connectivity index (χ2n) is 5.89. The maximum Gasteiger partial charge on any atom is 0.490 e. The van der Waals surface area contributed by atoms with Crippen LogP contribution < -0.4 is 0 Å². The first-order valence-electron chi connectivity index (χ1n) is 8.99. The summed E-state index contributed by atoms with van der Waals surface area (Å²) in [5.74, 6) is -2.43. The van der Waals surface area contributed by atoms with Gasteiger partial charge in [0.1, 0.15) is 0 Å². The lowest BCUT2D eigenvalue weighted by Gasteiger charge is -2.05. The summed E-state index contributed by atoms with van der Waals surface area (Å²) in [5.41, 5.74) is 0. The van der Waals surface area contributed by atoms with Gasteiger partial charge in [-0.25, -0.2) is 4.79 Å². The van der Waals surface area contributed by atoms with Crippen molar-refractivity contribution in [1.82, 2.24) is 0 Å². The quantitative estimate of drug-likeness (QED) is 0.226. The maximum absolute atomic E-state index is 11.9. The Hall–Kier alpha value is -1.59. The zero-order valence-corrected chi connectivity index (χ0v) is 14.9. The zero-order valence-electron chi connectivity index (χ0n) is 14.9. The minimum atomic E-state index is -4.97. The summed E-state index contributed by atoms with van der Waals surface area (Å²) in [7, 11) is 0. The molecule has 0 atom stereocenters. The van der Waals surface area contributed by atoms with E-state index < -0.39 is 18.8 Å². The van der Waals surface area contributed by atoms with Crippen LogP contribution in [-0.4, -0.2) is 24.5 Å². The van der Waals surface area contributed by atoms with E-state index in [0.29, 0.717) is 0 Å². The lowest BCUT2D eigenvalue weighted by molar-refractivity contribution is -0.199. The summed E-state index contributed by atoms with van der Waals surface area (Å²) in [6.45, 7) is 1.80. The number of allylic oxidation sites excluding steroid dienone is 3. The van der Waals surface area contributed by atoms with E-state index >= 15 is 0 Å². The first kappa shape index (κ1) is 23.4. The number of rotatable bonds is 14. The van der Waals surface area contributed by atoms with Crippen molar-refractivity contribution in [3.63, 3.8) is 0 Å². The van der Waals surface area contributed by atoms with Crippen molar-refractivity contribution < 1.29 is 27.5 Å². The number of halogens is 3. The molecule has 6 heteroatoms. The van der Waals surface area contributed by atoms with Gasteiger partial charge in [0.2, 0.25) is 0 Å². The first-order valence-corrected chi connectivity index (χ1v) is 8.99. The van der Waals surface area contributed by atoms with Gasteiger partial charge in [0.15, 0.2) is 5.78 Å². The van der Waals surface area contributed by atoms with E-state index in [2.05, 4.69) is 11.7 Å². The molecule has 0 aliphatic carbocycles. The van der Waals surface area contributed by atoms with Gasteiger partial charge in [-0.3, -0.25) is 4.79 Å². The standard InChI is InChI=1S/C19H29F3O3/c1-2-3-4-5-6-7-8-9-10-11-14-17(23)15-12-13-16-25-18(24)19(20,21)22/h11-12,14-15H,2-10,13,16H2,1H3/b14-11+,15-12+. The number of ketones is 1. The summed E-state index contributed by atoms with van der Waals surface area (Å²) < 4.78 is 39.6. The van der Waals surface area contributed by atoms with E-state index in [1.165, 1.54) is 56.8 Å². The number of carbonyl (C=O) groups is 2. The smallest absolute Gasteiger partial charge is 0.459 e. The number of ether oxygens (including phenoxy) is 1. The summed E-state index contributed by atoms with van der Waals surface area (Å²) >= 11 is 0. The molecule has 0 unspecified atom stereocenters. The fraction of sp³-hybridized carbons (Fsp3) is 0.684. The Balaban J connectivity index is 3.58. The van der Waals surface area contributed by atoms with Crippen LogP contribution in [0, 0.1) is 0 Å². The molecule has 0 aromatic heterocycles. The van der Waals surface area contributed by atoms with Crippen molar-refractivity contribution in [2.24, 2.45) is 0 Å². The number of hydrogen-bond donors (Lipinski definition) is 0. The molecule has 0 heterocycles. The van der Waals surface area contributed by atoms with Crippen molar-refractivity contribution in [3.8, 4) is 0 Å². The Labute approximate surface area is 148 Å². The van der Waals surface area contributed by atoms with E-state index in [0.717, 1.165) is 19.3 Å².